The van der Waals surface area contributed by atoms with Crippen LogP contribution in [-0.4, -0.2) is 31.3 Å². The number of aromatic nitrogens is 1. The van der Waals surface area contributed by atoms with Gasteiger partial charge in [-0.1, -0.05) is 35.9 Å². The molecule has 4 nitrogen and oxygen atoms in total. The van der Waals surface area contributed by atoms with Crippen molar-refractivity contribution in [2.24, 2.45) is 0 Å². The van der Waals surface area contributed by atoms with Crippen LogP contribution >= 0.6 is 0 Å². The summed E-state index contributed by atoms with van der Waals surface area (Å²) in [4.78, 5) is 3.56. The standard InChI is InChI=1S/C18H20N2O2S/c1-14-7-9-16(10-8-14)23(21,22)20(2)12-11-15-13-19-18-6-4-3-5-17(15)18/h3-10,13,19H,11-12H2,1-2H3. The van der Waals surface area contributed by atoms with E-state index in [-0.39, 0.29) is 0 Å². The molecule has 3 rings (SSSR count). The maximum Gasteiger partial charge on any atom is 0.242 e. The maximum absolute atomic E-state index is 12.6. The molecule has 0 aliphatic heterocycles. The summed E-state index contributed by atoms with van der Waals surface area (Å²) in [6, 6.07) is 15.0. The first-order valence-electron chi connectivity index (χ1n) is 7.56. The molecule has 0 unspecified atom stereocenters. The second-order valence-corrected chi connectivity index (χ2v) is 7.79. The van der Waals surface area contributed by atoms with Crippen LogP contribution in [0, 0.1) is 6.92 Å². The summed E-state index contributed by atoms with van der Waals surface area (Å²) in [5.74, 6) is 0. The maximum atomic E-state index is 12.6. The van der Waals surface area contributed by atoms with E-state index in [0.29, 0.717) is 17.9 Å². The Kier molecular flexibility index (Phi) is 4.24. The van der Waals surface area contributed by atoms with Crippen molar-refractivity contribution in [3.05, 3.63) is 65.9 Å². The number of aromatic amines is 1. The molecule has 23 heavy (non-hydrogen) atoms. The van der Waals surface area contributed by atoms with Crippen LogP contribution in [0.25, 0.3) is 10.9 Å². The quantitative estimate of drug-likeness (QED) is 0.781. The molecule has 0 spiro atoms. The van der Waals surface area contributed by atoms with Gasteiger partial charge in [-0.05, 0) is 37.1 Å². The minimum atomic E-state index is -3.44. The summed E-state index contributed by atoms with van der Waals surface area (Å²) in [6.07, 6.45) is 2.63. The zero-order chi connectivity index (χ0) is 16.4. The fourth-order valence-electron chi connectivity index (χ4n) is 2.63. The van der Waals surface area contributed by atoms with E-state index in [1.54, 1.807) is 19.2 Å². The van der Waals surface area contributed by atoms with Crippen LogP contribution in [0.4, 0.5) is 0 Å². The van der Waals surface area contributed by atoms with E-state index in [1.165, 1.54) is 4.31 Å². The molecule has 2 aromatic carbocycles. The molecule has 0 saturated carbocycles. The number of fused-ring (bicyclic) bond motifs is 1. The van der Waals surface area contributed by atoms with Gasteiger partial charge < -0.3 is 4.98 Å². The lowest BCUT2D eigenvalue weighted by Gasteiger charge is -2.17. The summed E-state index contributed by atoms with van der Waals surface area (Å²) in [5.41, 5.74) is 3.25. The fraction of sp³-hybridized carbons (Fsp3) is 0.222. The van der Waals surface area contributed by atoms with E-state index >= 15 is 0 Å². The van der Waals surface area contributed by atoms with Gasteiger partial charge in [-0.15, -0.1) is 0 Å². The van der Waals surface area contributed by atoms with Gasteiger partial charge in [0.15, 0.2) is 0 Å². The largest absolute Gasteiger partial charge is 0.361 e. The highest BCUT2D eigenvalue weighted by Gasteiger charge is 2.20. The first-order valence-corrected chi connectivity index (χ1v) is 9.00. The number of aryl methyl sites for hydroxylation is 1. The number of hydrogen-bond acceptors (Lipinski definition) is 2. The molecule has 0 atom stereocenters. The zero-order valence-corrected chi connectivity index (χ0v) is 14.1. The Hall–Kier alpha value is -2.11. The second-order valence-electron chi connectivity index (χ2n) is 5.75. The molecule has 5 heteroatoms. The molecule has 0 amide bonds. The van der Waals surface area contributed by atoms with Crippen LogP contribution in [0.15, 0.2) is 59.6 Å². The molecule has 1 N–H and O–H groups in total. The lowest BCUT2D eigenvalue weighted by atomic mass is 10.1. The number of likely N-dealkylation sites (N-methyl/N-ethyl adjacent to an activating group) is 1. The summed E-state index contributed by atoms with van der Waals surface area (Å²) < 4.78 is 26.6. The van der Waals surface area contributed by atoms with E-state index < -0.39 is 10.0 Å². The average molecular weight is 328 g/mol. The van der Waals surface area contributed by atoms with E-state index in [4.69, 9.17) is 0 Å². The Morgan fingerprint density at radius 3 is 2.48 bits per heavy atom. The Balaban J connectivity index is 1.76. The lowest BCUT2D eigenvalue weighted by Crippen LogP contribution is -2.29. The summed E-state index contributed by atoms with van der Waals surface area (Å²) >= 11 is 0. The van der Waals surface area contributed by atoms with Gasteiger partial charge in [0.2, 0.25) is 10.0 Å². The van der Waals surface area contributed by atoms with Crippen molar-refractivity contribution in [2.45, 2.75) is 18.2 Å². The van der Waals surface area contributed by atoms with Crippen molar-refractivity contribution in [3.63, 3.8) is 0 Å². The number of benzene rings is 2. The van der Waals surface area contributed by atoms with Crippen molar-refractivity contribution in [1.82, 2.24) is 9.29 Å². The molecule has 0 aliphatic carbocycles. The van der Waals surface area contributed by atoms with Crippen molar-refractivity contribution in [3.8, 4) is 0 Å². The Morgan fingerprint density at radius 1 is 1.04 bits per heavy atom. The predicted octanol–water partition coefficient (Wildman–Crippen LogP) is 3.34. The molecular weight excluding hydrogens is 308 g/mol. The SMILES string of the molecule is Cc1ccc(S(=O)(=O)N(C)CCc2c[nH]c3ccccc23)cc1. The van der Waals surface area contributed by atoms with E-state index in [1.807, 2.05) is 43.5 Å². The Bertz CT molecular complexity index is 912. The molecule has 0 saturated heterocycles. The van der Waals surface area contributed by atoms with Crippen LogP contribution in [0.5, 0.6) is 0 Å². The van der Waals surface area contributed by atoms with E-state index in [0.717, 1.165) is 22.0 Å². The third-order valence-electron chi connectivity index (χ3n) is 4.10. The minimum Gasteiger partial charge on any atom is -0.361 e. The van der Waals surface area contributed by atoms with Crippen molar-refractivity contribution in [1.29, 1.82) is 0 Å². The van der Waals surface area contributed by atoms with Gasteiger partial charge in [0.05, 0.1) is 4.90 Å². The first-order chi connectivity index (χ1) is 11.0. The lowest BCUT2D eigenvalue weighted by molar-refractivity contribution is 0.473. The molecule has 0 aliphatic rings. The summed E-state index contributed by atoms with van der Waals surface area (Å²) in [5, 5.41) is 1.15. The third kappa shape index (κ3) is 3.16. The summed E-state index contributed by atoms with van der Waals surface area (Å²) in [6.45, 7) is 2.38. The smallest absolute Gasteiger partial charge is 0.242 e. The van der Waals surface area contributed by atoms with Gasteiger partial charge in [-0.2, -0.15) is 0 Å². The molecule has 1 aromatic heterocycles. The number of H-pyrrole nitrogens is 1. The van der Waals surface area contributed by atoms with Crippen molar-refractivity contribution >= 4 is 20.9 Å². The van der Waals surface area contributed by atoms with Crippen molar-refractivity contribution < 1.29 is 8.42 Å². The van der Waals surface area contributed by atoms with Crippen LogP contribution in [-0.2, 0) is 16.4 Å². The Morgan fingerprint density at radius 2 is 1.74 bits per heavy atom. The highest BCUT2D eigenvalue weighted by Crippen LogP contribution is 2.20. The zero-order valence-electron chi connectivity index (χ0n) is 13.3. The minimum absolute atomic E-state index is 0.338. The monoisotopic (exact) mass is 328 g/mol. The Labute approximate surface area is 136 Å². The molecule has 3 aromatic rings. The van der Waals surface area contributed by atoms with E-state index in [9.17, 15) is 8.42 Å². The van der Waals surface area contributed by atoms with Gasteiger partial charge in [-0.25, -0.2) is 12.7 Å². The molecule has 0 fully saturated rings. The van der Waals surface area contributed by atoms with Crippen LogP contribution in [0.3, 0.4) is 0 Å². The van der Waals surface area contributed by atoms with Gasteiger partial charge in [0.25, 0.3) is 0 Å². The molecule has 120 valence electrons. The van der Waals surface area contributed by atoms with Gasteiger partial charge in [-0.3, -0.25) is 0 Å². The highest BCUT2D eigenvalue weighted by molar-refractivity contribution is 7.89. The fourth-order valence-corrected chi connectivity index (χ4v) is 3.80. The third-order valence-corrected chi connectivity index (χ3v) is 5.97. The van der Waals surface area contributed by atoms with Crippen LogP contribution in [0.1, 0.15) is 11.1 Å². The first kappa shape index (κ1) is 15.8. The molecule has 0 bridgehead atoms. The van der Waals surface area contributed by atoms with Gasteiger partial charge in [0, 0.05) is 30.7 Å². The van der Waals surface area contributed by atoms with Gasteiger partial charge >= 0.3 is 0 Å². The number of nitrogens with zero attached hydrogens (tertiary/aromatic N) is 1. The number of nitrogens with one attached hydrogen (secondary N) is 1. The summed E-state index contributed by atoms with van der Waals surface area (Å²) in [7, 11) is -1.81. The van der Waals surface area contributed by atoms with E-state index in [2.05, 4.69) is 11.1 Å². The van der Waals surface area contributed by atoms with Crippen LogP contribution < -0.4 is 0 Å². The van der Waals surface area contributed by atoms with Gasteiger partial charge in [0.1, 0.15) is 0 Å². The van der Waals surface area contributed by atoms with Crippen LogP contribution in [0.2, 0.25) is 0 Å². The van der Waals surface area contributed by atoms with Crippen molar-refractivity contribution in [2.75, 3.05) is 13.6 Å². The number of sulfonamides is 1. The molecule has 0 radical (unpaired) electrons. The normalized spacial score (nSPS) is 12.1. The number of para-hydroxylation sites is 1. The highest BCUT2D eigenvalue weighted by atomic mass is 32.2. The average Bonchev–Trinajstić information content (AvgIpc) is 2.96. The number of hydrogen-bond donors (Lipinski definition) is 1. The molecule has 1 heterocycles. The molecular formula is C18H20N2O2S. The topological polar surface area (TPSA) is 53.2 Å². The predicted molar refractivity (Wildman–Crippen MR) is 93.0 cm³/mol. The second kappa shape index (κ2) is 6.18. The number of rotatable bonds is 5.